The number of nitrogens with zero attached hydrogens (tertiary/aromatic N) is 1. The number of amides is 1. The number of fused-ring (bicyclic) bond motifs is 2. The number of benzene rings is 2. The fourth-order valence-electron chi connectivity index (χ4n) is 4.55. The lowest BCUT2D eigenvalue weighted by molar-refractivity contribution is -0.124. The number of carbonyl (C=O) groups excluding carboxylic acids is 1. The molecular formula is C22H24ClNO3. The molecule has 27 heavy (non-hydrogen) atoms. The molecule has 2 aliphatic rings. The average Bonchev–Trinajstić information content (AvgIpc) is 2.90. The van der Waals surface area contributed by atoms with Gasteiger partial charge in [-0.25, -0.2) is 0 Å². The van der Waals surface area contributed by atoms with Gasteiger partial charge in [0.05, 0.1) is 26.2 Å². The first-order chi connectivity index (χ1) is 13.1. The first-order valence-corrected chi connectivity index (χ1v) is 9.79. The molecule has 0 radical (unpaired) electrons. The molecule has 4 rings (SSSR count). The van der Waals surface area contributed by atoms with E-state index in [0.717, 1.165) is 54.0 Å². The van der Waals surface area contributed by atoms with Gasteiger partial charge in [-0.3, -0.25) is 4.79 Å². The van der Waals surface area contributed by atoms with Crippen LogP contribution >= 0.6 is 11.6 Å². The van der Waals surface area contributed by atoms with Crippen molar-refractivity contribution in [2.45, 2.75) is 44.1 Å². The predicted molar refractivity (Wildman–Crippen MR) is 107 cm³/mol. The summed E-state index contributed by atoms with van der Waals surface area (Å²) in [7, 11) is 3.27. The molecule has 0 unspecified atom stereocenters. The third-order valence-electron chi connectivity index (χ3n) is 5.88. The first kappa shape index (κ1) is 18.2. The van der Waals surface area contributed by atoms with Crippen LogP contribution in [0.5, 0.6) is 11.5 Å². The van der Waals surface area contributed by atoms with Gasteiger partial charge in [0, 0.05) is 16.8 Å². The lowest BCUT2D eigenvalue weighted by Gasteiger charge is -2.32. The van der Waals surface area contributed by atoms with Crippen molar-refractivity contribution in [3.63, 3.8) is 0 Å². The van der Waals surface area contributed by atoms with Gasteiger partial charge in [-0.2, -0.15) is 0 Å². The second-order valence-corrected chi connectivity index (χ2v) is 7.85. The van der Waals surface area contributed by atoms with Gasteiger partial charge in [0.25, 0.3) is 0 Å². The van der Waals surface area contributed by atoms with Crippen molar-refractivity contribution in [3.05, 3.63) is 52.5 Å². The van der Waals surface area contributed by atoms with Gasteiger partial charge >= 0.3 is 0 Å². The summed E-state index contributed by atoms with van der Waals surface area (Å²) < 4.78 is 10.8. The lowest BCUT2D eigenvalue weighted by Crippen LogP contribution is -2.41. The van der Waals surface area contributed by atoms with Crippen molar-refractivity contribution in [2.24, 2.45) is 0 Å². The Morgan fingerprint density at radius 3 is 2.30 bits per heavy atom. The molecule has 2 aromatic rings. The number of carbonyl (C=O) groups is 1. The van der Waals surface area contributed by atoms with Gasteiger partial charge < -0.3 is 14.4 Å². The van der Waals surface area contributed by atoms with Crippen LogP contribution in [0.1, 0.15) is 43.2 Å². The van der Waals surface area contributed by atoms with E-state index in [2.05, 4.69) is 0 Å². The number of hydrogen-bond donors (Lipinski definition) is 0. The fraction of sp³-hybridized carbons (Fsp3) is 0.409. The van der Waals surface area contributed by atoms with Crippen LogP contribution in [0.25, 0.3) is 0 Å². The number of halogens is 1. The average molecular weight is 386 g/mol. The molecular weight excluding hydrogens is 362 g/mol. The largest absolute Gasteiger partial charge is 0.497 e. The zero-order valence-corrected chi connectivity index (χ0v) is 16.5. The van der Waals surface area contributed by atoms with E-state index in [9.17, 15) is 4.79 Å². The maximum Gasteiger partial charge on any atom is 0.238 e. The van der Waals surface area contributed by atoms with Gasteiger partial charge in [0.2, 0.25) is 5.91 Å². The Bertz CT molecular complexity index is 852. The lowest BCUT2D eigenvalue weighted by atomic mass is 9.70. The van der Waals surface area contributed by atoms with Crippen LogP contribution in [-0.2, 0) is 16.8 Å². The Morgan fingerprint density at radius 2 is 1.67 bits per heavy atom. The highest BCUT2D eigenvalue weighted by molar-refractivity contribution is 6.31. The molecule has 0 aromatic heterocycles. The van der Waals surface area contributed by atoms with Crippen molar-refractivity contribution in [1.29, 1.82) is 0 Å². The summed E-state index contributed by atoms with van der Waals surface area (Å²) in [6.45, 7) is 0.489. The molecule has 1 aliphatic heterocycles. The molecule has 5 heteroatoms. The third kappa shape index (κ3) is 3.06. The van der Waals surface area contributed by atoms with Gasteiger partial charge in [0.15, 0.2) is 0 Å². The highest BCUT2D eigenvalue weighted by Crippen LogP contribution is 2.51. The van der Waals surface area contributed by atoms with E-state index in [1.54, 1.807) is 14.2 Å². The summed E-state index contributed by atoms with van der Waals surface area (Å²) in [6, 6.07) is 11.6. The molecule has 1 spiro atoms. The Hall–Kier alpha value is -2.20. The molecule has 142 valence electrons. The molecule has 1 saturated carbocycles. The second kappa shape index (κ2) is 7.08. The quantitative estimate of drug-likeness (QED) is 0.734. The predicted octanol–water partition coefficient (Wildman–Crippen LogP) is 5.11. The van der Waals surface area contributed by atoms with E-state index in [0.29, 0.717) is 11.6 Å². The Morgan fingerprint density at radius 1 is 1.00 bits per heavy atom. The van der Waals surface area contributed by atoms with Crippen molar-refractivity contribution in [1.82, 2.24) is 0 Å². The monoisotopic (exact) mass is 385 g/mol. The summed E-state index contributed by atoms with van der Waals surface area (Å²) in [4.78, 5) is 15.5. The number of rotatable bonds is 4. The SMILES string of the molecule is COc1cc(CN2C(=O)C3(CCCCC3)c3cc(Cl)ccc32)cc(OC)c1. The smallest absolute Gasteiger partial charge is 0.238 e. The van der Waals surface area contributed by atoms with Crippen LogP contribution in [0.15, 0.2) is 36.4 Å². The minimum absolute atomic E-state index is 0.196. The molecule has 0 atom stereocenters. The van der Waals surface area contributed by atoms with Gasteiger partial charge in [0.1, 0.15) is 11.5 Å². The first-order valence-electron chi connectivity index (χ1n) is 9.41. The van der Waals surface area contributed by atoms with E-state index in [1.807, 2.05) is 41.3 Å². The van der Waals surface area contributed by atoms with E-state index in [4.69, 9.17) is 21.1 Å². The molecule has 0 bridgehead atoms. The Balaban J connectivity index is 1.75. The maximum absolute atomic E-state index is 13.6. The van der Waals surface area contributed by atoms with Crippen molar-refractivity contribution in [3.8, 4) is 11.5 Å². The van der Waals surface area contributed by atoms with E-state index < -0.39 is 5.41 Å². The Labute approximate surface area is 165 Å². The molecule has 1 aliphatic carbocycles. The molecule has 0 saturated heterocycles. The standard InChI is InChI=1S/C22H24ClNO3/c1-26-17-10-15(11-18(13-17)27-2)14-24-20-7-6-16(23)12-19(20)22(21(24)25)8-4-3-5-9-22/h6-7,10-13H,3-5,8-9,14H2,1-2H3. The van der Waals surface area contributed by atoms with Crippen LogP contribution in [0.2, 0.25) is 5.02 Å². The van der Waals surface area contributed by atoms with Crippen LogP contribution < -0.4 is 14.4 Å². The number of ether oxygens (including phenoxy) is 2. The summed E-state index contributed by atoms with van der Waals surface area (Å²) in [6.07, 6.45) is 5.16. The topological polar surface area (TPSA) is 38.8 Å². The molecule has 1 amide bonds. The molecule has 0 N–H and O–H groups in total. The Kier molecular flexibility index (Phi) is 4.77. The number of methoxy groups -OCH3 is 2. The van der Waals surface area contributed by atoms with Crippen LogP contribution in [0.3, 0.4) is 0 Å². The highest BCUT2D eigenvalue weighted by atomic mass is 35.5. The van der Waals surface area contributed by atoms with Crippen LogP contribution in [0.4, 0.5) is 5.69 Å². The summed E-state index contributed by atoms with van der Waals surface area (Å²) in [5.74, 6) is 1.64. The fourth-order valence-corrected chi connectivity index (χ4v) is 4.72. The maximum atomic E-state index is 13.6. The third-order valence-corrected chi connectivity index (χ3v) is 6.11. The molecule has 4 nitrogen and oxygen atoms in total. The number of hydrogen-bond acceptors (Lipinski definition) is 3. The van der Waals surface area contributed by atoms with Gasteiger partial charge in [-0.1, -0.05) is 30.9 Å². The van der Waals surface area contributed by atoms with Crippen LogP contribution in [-0.4, -0.2) is 20.1 Å². The normalized spacial score (nSPS) is 17.9. The minimum Gasteiger partial charge on any atom is -0.497 e. The van der Waals surface area contributed by atoms with Gasteiger partial charge in [-0.15, -0.1) is 0 Å². The van der Waals surface area contributed by atoms with E-state index in [-0.39, 0.29) is 5.91 Å². The zero-order chi connectivity index (χ0) is 19.0. The summed E-state index contributed by atoms with van der Waals surface area (Å²) in [5.41, 5.74) is 2.64. The molecule has 2 aromatic carbocycles. The van der Waals surface area contributed by atoms with E-state index in [1.165, 1.54) is 6.42 Å². The molecule has 1 fully saturated rings. The summed E-state index contributed by atoms with van der Waals surface area (Å²) >= 11 is 6.30. The zero-order valence-electron chi connectivity index (χ0n) is 15.8. The minimum atomic E-state index is -0.415. The van der Waals surface area contributed by atoms with Gasteiger partial charge in [-0.05, 0) is 54.3 Å². The van der Waals surface area contributed by atoms with E-state index >= 15 is 0 Å². The van der Waals surface area contributed by atoms with Crippen molar-refractivity contribution in [2.75, 3.05) is 19.1 Å². The second-order valence-electron chi connectivity index (χ2n) is 7.42. The van der Waals surface area contributed by atoms with Crippen molar-refractivity contribution >= 4 is 23.2 Å². The number of anilines is 1. The molecule has 1 heterocycles. The van der Waals surface area contributed by atoms with Crippen LogP contribution in [0, 0.1) is 0 Å². The summed E-state index contributed by atoms with van der Waals surface area (Å²) in [5, 5.41) is 0.691. The highest BCUT2D eigenvalue weighted by Gasteiger charge is 2.50. The van der Waals surface area contributed by atoms with Crippen molar-refractivity contribution < 1.29 is 14.3 Å².